The third-order valence-electron chi connectivity index (χ3n) is 3.37. The number of hydrogen-bond donors (Lipinski definition) is 1. The number of ether oxygens (including phenoxy) is 1. The van der Waals surface area contributed by atoms with Crippen LogP contribution < -0.4 is 10.5 Å². The van der Waals surface area contributed by atoms with Crippen molar-refractivity contribution >= 4 is 0 Å². The average Bonchev–Trinajstić information content (AvgIpc) is 2.28. The molecule has 0 heterocycles. The second-order valence-electron chi connectivity index (χ2n) is 5.84. The monoisotopic (exact) mass is 250 g/mol. The summed E-state index contributed by atoms with van der Waals surface area (Å²) in [6, 6.07) is 8.48. The Balaban J connectivity index is 2.83. The number of methoxy groups -OCH3 is 1. The van der Waals surface area contributed by atoms with Gasteiger partial charge >= 0.3 is 0 Å². The Morgan fingerprint density at radius 1 is 1.28 bits per heavy atom. The van der Waals surface area contributed by atoms with Gasteiger partial charge in [-0.2, -0.15) is 0 Å². The van der Waals surface area contributed by atoms with Crippen LogP contribution in [0.4, 0.5) is 0 Å². The molecule has 3 heteroatoms. The number of nitrogens with two attached hydrogens (primary N) is 1. The number of benzene rings is 1. The molecule has 1 aromatic carbocycles. The van der Waals surface area contributed by atoms with Gasteiger partial charge in [0, 0.05) is 24.7 Å². The highest BCUT2D eigenvalue weighted by Gasteiger charge is 2.27. The molecule has 0 aliphatic rings. The minimum atomic E-state index is 0.172. The first-order chi connectivity index (χ1) is 8.40. The Hall–Kier alpha value is -1.06. The Kier molecular flexibility index (Phi) is 5.17. The van der Waals surface area contributed by atoms with Crippen molar-refractivity contribution in [2.24, 2.45) is 11.1 Å². The SMILES string of the molecule is COc1ccccc1CN(C)C(CN)C(C)(C)C. The van der Waals surface area contributed by atoms with Crippen molar-refractivity contribution in [3.05, 3.63) is 29.8 Å². The van der Waals surface area contributed by atoms with Gasteiger partial charge in [-0.05, 0) is 18.5 Å². The van der Waals surface area contributed by atoms with Crippen molar-refractivity contribution < 1.29 is 4.74 Å². The summed E-state index contributed by atoms with van der Waals surface area (Å²) in [4.78, 5) is 2.30. The number of nitrogens with zero attached hydrogens (tertiary/aromatic N) is 1. The fraction of sp³-hybridized carbons (Fsp3) is 0.600. The molecule has 0 bridgehead atoms. The highest BCUT2D eigenvalue weighted by molar-refractivity contribution is 5.33. The number of rotatable bonds is 5. The van der Waals surface area contributed by atoms with Crippen LogP contribution >= 0.6 is 0 Å². The lowest BCUT2D eigenvalue weighted by Crippen LogP contribution is -2.46. The molecule has 1 atom stereocenters. The molecule has 1 rings (SSSR count). The largest absolute Gasteiger partial charge is 0.496 e. The molecule has 0 saturated carbocycles. The molecule has 18 heavy (non-hydrogen) atoms. The van der Waals surface area contributed by atoms with Gasteiger partial charge in [-0.25, -0.2) is 0 Å². The molecule has 1 aromatic rings. The maximum absolute atomic E-state index is 5.91. The van der Waals surface area contributed by atoms with E-state index in [1.165, 1.54) is 5.56 Å². The predicted octanol–water partition coefficient (Wildman–Crippen LogP) is 2.50. The lowest BCUT2D eigenvalue weighted by molar-refractivity contribution is 0.124. The second kappa shape index (κ2) is 6.21. The van der Waals surface area contributed by atoms with E-state index in [4.69, 9.17) is 10.5 Å². The quantitative estimate of drug-likeness (QED) is 0.872. The van der Waals surface area contributed by atoms with Crippen LogP contribution in [-0.4, -0.2) is 31.6 Å². The van der Waals surface area contributed by atoms with E-state index in [-0.39, 0.29) is 5.41 Å². The molecule has 2 N–H and O–H groups in total. The van der Waals surface area contributed by atoms with Crippen LogP contribution in [0.2, 0.25) is 0 Å². The summed E-state index contributed by atoms with van der Waals surface area (Å²) < 4.78 is 5.39. The van der Waals surface area contributed by atoms with E-state index >= 15 is 0 Å². The van der Waals surface area contributed by atoms with Crippen LogP contribution in [0, 0.1) is 5.41 Å². The predicted molar refractivity (Wildman–Crippen MR) is 76.8 cm³/mol. The molecule has 0 fully saturated rings. The lowest BCUT2D eigenvalue weighted by Gasteiger charge is -2.37. The molecule has 0 spiro atoms. The van der Waals surface area contributed by atoms with Gasteiger partial charge in [0.2, 0.25) is 0 Å². The van der Waals surface area contributed by atoms with E-state index in [0.29, 0.717) is 12.6 Å². The summed E-state index contributed by atoms with van der Waals surface area (Å²) in [5.74, 6) is 0.939. The van der Waals surface area contributed by atoms with Crippen molar-refractivity contribution in [1.82, 2.24) is 4.90 Å². The molecular formula is C15H26N2O. The molecule has 0 aromatic heterocycles. The molecule has 0 aliphatic carbocycles. The molecule has 0 amide bonds. The van der Waals surface area contributed by atoms with Crippen molar-refractivity contribution in [2.75, 3.05) is 20.7 Å². The second-order valence-corrected chi connectivity index (χ2v) is 5.84. The summed E-state index contributed by atoms with van der Waals surface area (Å²) in [6.07, 6.45) is 0. The first-order valence-corrected chi connectivity index (χ1v) is 6.42. The third-order valence-corrected chi connectivity index (χ3v) is 3.37. The van der Waals surface area contributed by atoms with Crippen molar-refractivity contribution in [3.63, 3.8) is 0 Å². The summed E-state index contributed by atoms with van der Waals surface area (Å²) in [6.45, 7) is 8.19. The maximum atomic E-state index is 5.91. The fourth-order valence-corrected chi connectivity index (χ4v) is 2.41. The van der Waals surface area contributed by atoms with Crippen molar-refractivity contribution in [3.8, 4) is 5.75 Å². The van der Waals surface area contributed by atoms with E-state index < -0.39 is 0 Å². The minimum Gasteiger partial charge on any atom is -0.496 e. The first-order valence-electron chi connectivity index (χ1n) is 6.42. The van der Waals surface area contributed by atoms with Crippen LogP contribution in [0.5, 0.6) is 5.75 Å². The molecule has 0 saturated heterocycles. The number of hydrogen-bond acceptors (Lipinski definition) is 3. The van der Waals surface area contributed by atoms with Crippen LogP contribution in [0.3, 0.4) is 0 Å². The van der Waals surface area contributed by atoms with Crippen LogP contribution in [0.15, 0.2) is 24.3 Å². The van der Waals surface area contributed by atoms with Gasteiger partial charge in [0.25, 0.3) is 0 Å². The van der Waals surface area contributed by atoms with Crippen molar-refractivity contribution in [1.29, 1.82) is 0 Å². The third kappa shape index (κ3) is 3.72. The molecule has 1 unspecified atom stereocenters. The van der Waals surface area contributed by atoms with E-state index in [2.05, 4.69) is 38.8 Å². The van der Waals surface area contributed by atoms with Gasteiger partial charge in [-0.3, -0.25) is 4.90 Å². The number of likely N-dealkylation sites (N-methyl/N-ethyl adjacent to an activating group) is 1. The van der Waals surface area contributed by atoms with Gasteiger partial charge in [0.1, 0.15) is 5.75 Å². The van der Waals surface area contributed by atoms with E-state index in [1.54, 1.807) is 7.11 Å². The maximum Gasteiger partial charge on any atom is 0.123 e. The van der Waals surface area contributed by atoms with Crippen LogP contribution in [0.25, 0.3) is 0 Å². The van der Waals surface area contributed by atoms with Crippen LogP contribution in [-0.2, 0) is 6.54 Å². The molecule has 102 valence electrons. The number of para-hydroxylation sites is 1. The summed E-state index contributed by atoms with van der Waals surface area (Å²) in [5, 5.41) is 0. The minimum absolute atomic E-state index is 0.172. The average molecular weight is 250 g/mol. The highest BCUT2D eigenvalue weighted by atomic mass is 16.5. The topological polar surface area (TPSA) is 38.5 Å². The summed E-state index contributed by atoms with van der Waals surface area (Å²) in [5.41, 5.74) is 7.28. The molecule has 3 nitrogen and oxygen atoms in total. The fourth-order valence-electron chi connectivity index (χ4n) is 2.41. The normalized spacial score (nSPS) is 13.7. The van der Waals surface area contributed by atoms with E-state index in [1.807, 2.05) is 18.2 Å². The smallest absolute Gasteiger partial charge is 0.123 e. The highest BCUT2D eigenvalue weighted by Crippen LogP contribution is 2.26. The Bertz CT molecular complexity index is 371. The zero-order chi connectivity index (χ0) is 13.8. The Morgan fingerprint density at radius 2 is 1.89 bits per heavy atom. The van der Waals surface area contributed by atoms with Gasteiger partial charge in [-0.15, -0.1) is 0 Å². The van der Waals surface area contributed by atoms with Crippen molar-refractivity contribution in [2.45, 2.75) is 33.4 Å². The Morgan fingerprint density at radius 3 is 2.39 bits per heavy atom. The van der Waals surface area contributed by atoms with E-state index in [0.717, 1.165) is 12.3 Å². The Labute approximate surface area is 111 Å². The van der Waals surface area contributed by atoms with Gasteiger partial charge in [0.15, 0.2) is 0 Å². The van der Waals surface area contributed by atoms with Gasteiger partial charge in [0.05, 0.1) is 7.11 Å². The zero-order valence-electron chi connectivity index (χ0n) is 12.2. The molecule has 0 aliphatic heterocycles. The molecular weight excluding hydrogens is 224 g/mol. The zero-order valence-corrected chi connectivity index (χ0v) is 12.2. The van der Waals surface area contributed by atoms with Gasteiger partial charge < -0.3 is 10.5 Å². The summed E-state index contributed by atoms with van der Waals surface area (Å²) in [7, 11) is 3.83. The van der Waals surface area contributed by atoms with Gasteiger partial charge in [-0.1, -0.05) is 39.0 Å². The first kappa shape index (κ1) is 15.0. The van der Waals surface area contributed by atoms with Crippen LogP contribution in [0.1, 0.15) is 26.3 Å². The standard InChI is InChI=1S/C15H26N2O/c1-15(2,3)14(10-16)17(4)11-12-8-6-7-9-13(12)18-5/h6-9,14H,10-11,16H2,1-5H3. The summed E-state index contributed by atoms with van der Waals surface area (Å²) >= 11 is 0. The van der Waals surface area contributed by atoms with E-state index in [9.17, 15) is 0 Å². The lowest BCUT2D eigenvalue weighted by atomic mass is 9.85. The molecule has 0 radical (unpaired) electrons.